The van der Waals surface area contributed by atoms with Crippen molar-refractivity contribution in [3.8, 4) is 0 Å². The molecule has 1 aromatic heterocycles. The molecule has 0 N–H and O–H groups in total. The van der Waals surface area contributed by atoms with Gasteiger partial charge in [0.2, 0.25) is 10.0 Å². The molecule has 0 saturated heterocycles. The molecule has 1 saturated carbocycles. The molecule has 1 unspecified atom stereocenters. The molecule has 18 heavy (non-hydrogen) atoms. The maximum Gasteiger partial charge on any atom is 0.244 e. The van der Waals surface area contributed by atoms with Crippen LogP contribution in [0.25, 0.3) is 0 Å². The van der Waals surface area contributed by atoms with Crippen LogP contribution in [-0.4, -0.2) is 25.8 Å². The molecule has 3 nitrogen and oxygen atoms in total. The number of halogens is 1. The van der Waals surface area contributed by atoms with E-state index in [1.54, 1.807) is 13.1 Å². The second kappa shape index (κ2) is 5.12. The van der Waals surface area contributed by atoms with Crippen LogP contribution < -0.4 is 0 Å². The minimum absolute atomic E-state index is 0.0775. The number of nitrogens with zero attached hydrogens (tertiary/aromatic N) is 1. The molecule has 0 aromatic carbocycles. The van der Waals surface area contributed by atoms with Gasteiger partial charge in [0.15, 0.2) is 0 Å². The Morgan fingerprint density at radius 1 is 1.56 bits per heavy atom. The summed E-state index contributed by atoms with van der Waals surface area (Å²) in [6, 6.07) is 1.78. The lowest BCUT2D eigenvalue weighted by atomic mass is 10.2. The molecule has 0 amide bonds. The maximum atomic E-state index is 12.5. The first-order chi connectivity index (χ1) is 8.37. The third kappa shape index (κ3) is 2.59. The van der Waals surface area contributed by atoms with Crippen LogP contribution in [0.5, 0.6) is 0 Å². The molecule has 1 aliphatic rings. The summed E-state index contributed by atoms with van der Waals surface area (Å²) in [4.78, 5) is 2.14. The molecule has 0 spiro atoms. The van der Waals surface area contributed by atoms with Crippen LogP contribution in [0, 0.1) is 12.8 Å². The van der Waals surface area contributed by atoms with Gasteiger partial charge in [-0.15, -0.1) is 22.9 Å². The van der Waals surface area contributed by atoms with E-state index in [2.05, 4.69) is 0 Å². The highest BCUT2D eigenvalue weighted by molar-refractivity contribution is 7.89. The van der Waals surface area contributed by atoms with Crippen molar-refractivity contribution in [1.29, 1.82) is 0 Å². The van der Waals surface area contributed by atoms with Crippen molar-refractivity contribution >= 4 is 33.0 Å². The molecule has 1 atom stereocenters. The van der Waals surface area contributed by atoms with Crippen LogP contribution in [0.1, 0.15) is 29.5 Å². The number of hydrogen-bond donors (Lipinski definition) is 0. The van der Waals surface area contributed by atoms with E-state index in [4.69, 9.17) is 11.6 Å². The number of sulfonamides is 1. The summed E-state index contributed by atoms with van der Waals surface area (Å²) in [6.45, 7) is 3.82. The van der Waals surface area contributed by atoms with Gasteiger partial charge in [0.1, 0.15) is 0 Å². The van der Waals surface area contributed by atoms with Crippen LogP contribution >= 0.6 is 22.9 Å². The average molecular weight is 308 g/mol. The first-order valence-electron chi connectivity index (χ1n) is 6.01. The lowest BCUT2D eigenvalue weighted by molar-refractivity contribution is 0.357. The number of thiophene rings is 1. The monoisotopic (exact) mass is 307 g/mol. The van der Waals surface area contributed by atoms with Gasteiger partial charge in [-0.3, -0.25) is 0 Å². The zero-order valence-electron chi connectivity index (χ0n) is 10.8. The molecule has 0 aliphatic heterocycles. The highest BCUT2D eigenvalue weighted by Crippen LogP contribution is 2.37. The summed E-state index contributed by atoms with van der Waals surface area (Å²) in [5.74, 6) is 0.888. The molecule has 102 valence electrons. The van der Waals surface area contributed by atoms with Crippen molar-refractivity contribution in [2.75, 3.05) is 7.05 Å². The molecule has 1 heterocycles. The quantitative estimate of drug-likeness (QED) is 0.783. The summed E-state index contributed by atoms with van der Waals surface area (Å²) in [6.07, 6.45) is 2.27. The Morgan fingerprint density at radius 2 is 2.17 bits per heavy atom. The molecule has 0 bridgehead atoms. The fourth-order valence-corrected chi connectivity index (χ4v) is 5.21. The van der Waals surface area contributed by atoms with Gasteiger partial charge in [-0.25, -0.2) is 8.42 Å². The van der Waals surface area contributed by atoms with E-state index in [1.165, 1.54) is 15.6 Å². The van der Waals surface area contributed by atoms with Crippen LogP contribution in [0.2, 0.25) is 0 Å². The number of rotatable bonds is 5. The molecule has 1 aromatic rings. The number of aryl methyl sites for hydroxylation is 1. The summed E-state index contributed by atoms with van der Waals surface area (Å²) in [5, 5.41) is 0. The summed E-state index contributed by atoms with van der Waals surface area (Å²) >= 11 is 7.22. The van der Waals surface area contributed by atoms with Crippen molar-refractivity contribution < 1.29 is 8.42 Å². The Labute approximate surface area is 118 Å². The van der Waals surface area contributed by atoms with Gasteiger partial charge in [0.25, 0.3) is 0 Å². The molecular weight excluding hydrogens is 290 g/mol. The second-order valence-electron chi connectivity index (χ2n) is 4.87. The van der Waals surface area contributed by atoms with E-state index in [-0.39, 0.29) is 6.04 Å². The van der Waals surface area contributed by atoms with Gasteiger partial charge < -0.3 is 0 Å². The largest absolute Gasteiger partial charge is 0.244 e. The predicted molar refractivity (Wildman–Crippen MR) is 75.7 cm³/mol. The first kappa shape index (κ1) is 14.3. The van der Waals surface area contributed by atoms with E-state index in [0.29, 0.717) is 16.7 Å². The van der Waals surface area contributed by atoms with Crippen molar-refractivity contribution in [2.24, 2.45) is 5.92 Å². The van der Waals surface area contributed by atoms with Crippen molar-refractivity contribution in [3.05, 3.63) is 15.8 Å². The van der Waals surface area contributed by atoms with Gasteiger partial charge >= 0.3 is 0 Å². The highest BCUT2D eigenvalue weighted by Gasteiger charge is 2.36. The zero-order chi connectivity index (χ0) is 13.5. The van der Waals surface area contributed by atoms with Gasteiger partial charge in [0.05, 0.1) is 10.8 Å². The Bertz CT molecular complexity index is 534. The summed E-state index contributed by atoms with van der Waals surface area (Å²) in [5.41, 5.74) is 0. The van der Waals surface area contributed by atoms with Gasteiger partial charge in [-0.1, -0.05) is 0 Å². The normalized spacial score (nSPS) is 18.3. The lowest BCUT2D eigenvalue weighted by Crippen LogP contribution is -2.36. The standard InChI is InChI=1S/C12H18ClNO2S2/c1-8(10-4-5-10)14(3)18(15,16)12-6-11(7-13)17-9(12)2/h6,8,10H,4-5,7H2,1-3H3. The maximum absolute atomic E-state index is 12.5. The van der Waals surface area contributed by atoms with Crippen molar-refractivity contribution in [3.63, 3.8) is 0 Å². The number of alkyl halides is 1. The molecule has 1 fully saturated rings. The fraction of sp³-hybridized carbons (Fsp3) is 0.667. The third-order valence-electron chi connectivity index (χ3n) is 3.59. The Hall–Kier alpha value is -0.100. The molecule has 6 heteroatoms. The van der Waals surface area contributed by atoms with Gasteiger partial charge in [-0.05, 0) is 38.7 Å². The van der Waals surface area contributed by atoms with Gasteiger partial charge in [-0.2, -0.15) is 4.31 Å². The Morgan fingerprint density at radius 3 is 2.61 bits per heavy atom. The Kier molecular flexibility index (Phi) is 4.07. The van der Waals surface area contributed by atoms with Crippen molar-refractivity contribution in [1.82, 2.24) is 4.31 Å². The predicted octanol–water partition coefficient (Wildman–Crippen LogP) is 3.21. The van der Waals surface area contributed by atoms with Gasteiger partial charge in [0, 0.05) is 22.8 Å². The third-order valence-corrected chi connectivity index (χ3v) is 7.29. The topological polar surface area (TPSA) is 37.4 Å². The molecule has 2 rings (SSSR count). The van der Waals surface area contributed by atoms with Crippen molar-refractivity contribution in [2.45, 2.75) is 43.5 Å². The zero-order valence-corrected chi connectivity index (χ0v) is 13.2. The summed E-state index contributed by atoms with van der Waals surface area (Å²) < 4.78 is 26.6. The van der Waals surface area contributed by atoms with E-state index in [9.17, 15) is 8.42 Å². The smallest absolute Gasteiger partial charge is 0.207 e. The fourth-order valence-electron chi connectivity index (χ4n) is 2.10. The van der Waals surface area contributed by atoms with Crippen LogP contribution in [0.15, 0.2) is 11.0 Å². The molecule has 1 aliphatic carbocycles. The molecule has 0 radical (unpaired) electrons. The second-order valence-corrected chi connectivity index (χ2v) is 8.44. The Balaban J connectivity index is 2.31. The van der Waals surface area contributed by atoms with Crippen LogP contribution in [0.3, 0.4) is 0 Å². The first-order valence-corrected chi connectivity index (χ1v) is 8.80. The average Bonchev–Trinajstić information content (AvgIpc) is 3.10. The number of hydrogen-bond acceptors (Lipinski definition) is 3. The lowest BCUT2D eigenvalue weighted by Gasteiger charge is -2.24. The SMILES string of the molecule is Cc1sc(CCl)cc1S(=O)(=O)N(C)C(C)C1CC1. The minimum atomic E-state index is -3.38. The molecular formula is C12H18ClNO2S2. The van der Waals surface area contributed by atoms with Crippen LogP contribution in [-0.2, 0) is 15.9 Å². The van der Waals surface area contributed by atoms with E-state index >= 15 is 0 Å². The van der Waals surface area contributed by atoms with E-state index in [1.807, 2.05) is 13.8 Å². The van der Waals surface area contributed by atoms with E-state index in [0.717, 1.165) is 22.6 Å². The highest BCUT2D eigenvalue weighted by atomic mass is 35.5. The summed E-state index contributed by atoms with van der Waals surface area (Å²) in [7, 11) is -1.70. The van der Waals surface area contributed by atoms with Crippen LogP contribution in [0.4, 0.5) is 0 Å². The van der Waals surface area contributed by atoms with E-state index < -0.39 is 10.0 Å². The minimum Gasteiger partial charge on any atom is -0.207 e.